The van der Waals surface area contributed by atoms with E-state index in [1.807, 2.05) is 30.3 Å². The SMILES string of the molecule is CC(C)C1c2ncc(C(=O)NCC3(c4ccc(Cl)cc4)CC3)cc2CN1Cc1ccc(C(F)(F)F)cc1. The Labute approximate surface area is 219 Å². The van der Waals surface area contributed by atoms with Crippen LogP contribution in [0.25, 0.3) is 0 Å². The van der Waals surface area contributed by atoms with Gasteiger partial charge in [0, 0.05) is 36.3 Å². The van der Waals surface area contributed by atoms with Gasteiger partial charge in [-0.05, 0) is 65.8 Å². The van der Waals surface area contributed by atoms with Crippen molar-refractivity contribution < 1.29 is 18.0 Å². The first-order valence-electron chi connectivity index (χ1n) is 12.5. The highest BCUT2D eigenvalue weighted by molar-refractivity contribution is 6.30. The van der Waals surface area contributed by atoms with Crippen LogP contribution in [0.2, 0.25) is 5.02 Å². The fourth-order valence-corrected chi connectivity index (χ4v) is 5.45. The zero-order valence-electron chi connectivity index (χ0n) is 20.8. The summed E-state index contributed by atoms with van der Waals surface area (Å²) in [7, 11) is 0. The normalized spacial score (nSPS) is 18.6. The lowest BCUT2D eigenvalue weighted by atomic mass is 9.96. The standard InChI is InChI=1S/C29H29ClF3N3O/c1-18(2)26-25-21(16-36(26)15-19-3-5-23(6-4-19)29(31,32)33)13-20(14-34-25)27(37)35-17-28(11-12-28)22-7-9-24(30)10-8-22/h3-10,13-14,18,26H,11-12,15-17H2,1-2H3,(H,35,37). The summed E-state index contributed by atoms with van der Waals surface area (Å²) in [6, 6.07) is 15.0. The monoisotopic (exact) mass is 527 g/mol. The van der Waals surface area contributed by atoms with Crippen LogP contribution in [-0.2, 0) is 24.7 Å². The molecule has 0 bridgehead atoms. The Kier molecular flexibility index (Phi) is 6.79. The minimum Gasteiger partial charge on any atom is -0.351 e. The van der Waals surface area contributed by atoms with Crippen LogP contribution in [0.4, 0.5) is 13.2 Å². The van der Waals surface area contributed by atoms with Crippen LogP contribution in [0.5, 0.6) is 0 Å². The Balaban J connectivity index is 1.28. The molecule has 3 aromatic rings. The topological polar surface area (TPSA) is 45.2 Å². The van der Waals surface area contributed by atoms with Crippen molar-refractivity contribution >= 4 is 17.5 Å². The lowest BCUT2D eigenvalue weighted by molar-refractivity contribution is -0.137. The minimum absolute atomic E-state index is 0.0223. The number of nitrogens with zero attached hydrogens (tertiary/aromatic N) is 2. The van der Waals surface area contributed by atoms with Crippen molar-refractivity contribution in [3.05, 3.63) is 99.3 Å². The van der Waals surface area contributed by atoms with E-state index in [1.165, 1.54) is 17.7 Å². The maximum absolute atomic E-state index is 13.0. The van der Waals surface area contributed by atoms with E-state index in [0.29, 0.717) is 30.2 Å². The predicted octanol–water partition coefficient (Wildman–Crippen LogP) is 6.93. The summed E-state index contributed by atoms with van der Waals surface area (Å²) in [5.41, 5.74) is 3.73. The molecule has 0 radical (unpaired) electrons. The van der Waals surface area contributed by atoms with Gasteiger partial charge in [0.2, 0.25) is 0 Å². The van der Waals surface area contributed by atoms with Gasteiger partial charge in [-0.2, -0.15) is 13.2 Å². The quantitative estimate of drug-likeness (QED) is 0.362. The molecule has 2 heterocycles. The Morgan fingerprint density at radius 1 is 1.14 bits per heavy atom. The summed E-state index contributed by atoms with van der Waals surface area (Å²) in [5, 5.41) is 3.79. The van der Waals surface area contributed by atoms with Crippen LogP contribution in [-0.4, -0.2) is 22.3 Å². The van der Waals surface area contributed by atoms with Gasteiger partial charge >= 0.3 is 6.18 Å². The summed E-state index contributed by atoms with van der Waals surface area (Å²) in [5.74, 6) is 0.0924. The molecule has 1 amide bonds. The molecule has 194 valence electrons. The van der Waals surface area contributed by atoms with Crippen molar-refractivity contribution in [3.63, 3.8) is 0 Å². The summed E-state index contributed by atoms with van der Waals surface area (Å²) in [6.45, 7) is 5.85. The summed E-state index contributed by atoms with van der Waals surface area (Å²) in [4.78, 5) is 19.9. The third kappa shape index (κ3) is 5.39. The van der Waals surface area contributed by atoms with Crippen LogP contribution < -0.4 is 5.32 Å². The smallest absolute Gasteiger partial charge is 0.351 e. The second-order valence-corrected chi connectivity index (χ2v) is 11.0. The molecular formula is C29H29ClF3N3O. The van der Waals surface area contributed by atoms with E-state index in [9.17, 15) is 18.0 Å². The van der Waals surface area contributed by atoms with E-state index < -0.39 is 11.7 Å². The highest BCUT2D eigenvalue weighted by Crippen LogP contribution is 2.48. The van der Waals surface area contributed by atoms with Crippen LogP contribution in [0, 0.1) is 5.92 Å². The van der Waals surface area contributed by atoms with Crippen molar-refractivity contribution in [2.45, 2.75) is 57.4 Å². The van der Waals surface area contributed by atoms with Crippen LogP contribution in [0.1, 0.15) is 71.0 Å². The Hall–Kier alpha value is -2.90. The number of fused-ring (bicyclic) bond motifs is 1. The van der Waals surface area contributed by atoms with E-state index in [4.69, 9.17) is 11.6 Å². The van der Waals surface area contributed by atoms with Crippen molar-refractivity contribution in [1.82, 2.24) is 15.2 Å². The second-order valence-electron chi connectivity index (χ2n) is 10.5. The van der Waals surface area contributed by atoms with Gasteiger partial charge in [0.05, 0.1) is 22.9 Å². The number of aromatic nitrogens is 1. The first-order chi connectivity index (χ1) is 17.6. The average Bonchev–Trinajstić information content (AvgIpc) is 3.56. The summed E-state index contributed by atoms with van der Waals surface area (Å²) >= 11 is 6.02. The highest BCUT2D eigenvalue weighted by Gasteiger charge is 2.44. The molecule has 5 rings (SSSR count). The number of carbonyl (C=O) groups excluding carboxylic acids is 1. The van der Waals surface area contributed by atoms with Gasteiger partial charge < -0.3 is 5.32 Å². The maximum Gasteiger partial charge on any atom is 0.416 e. The highest BCUT2D eigenvalue weighted by atomic mass is 35.5. The molecule has 2 aromatic carbocycles. The van der Waals surface area contributed by atoms with Gasteiger partial charge in [0.15, 0.2) is 0 Å². The fraction of sp³-hybridized carbons (Fsp3) is 0.379. The molecule has 1 aliphatic heterocycles. The van der Waals surface area contributed by atoms with Gasteiger partial charge in [0.1, 0.15) is 0 Å². The first-order valence-corrected chi connectivity index (χ1v) is 12.9. The third-order valence-electron chi connectivity index (χ3n) is 7.51. The van der Waals surface area contributed by atoms with E-state index >= 15 is 0 Å². The predicted molar refractivity (Wildman–Crippen MR) is 137 cm³/mol. The molecular weight excluding hydrogens is 499 g/mol. The zero-order chi connectivity index (χ0) is 26.4. The van der Waals surface area contributed by atoms with E-state index in [2.05, 4.69) is 29.0 Å². The van der Waals surface area contributed by atoms with E-state index in [1.54, 1.807) is 6.20 Å². The third-order valence-corrected chi connectivity index (χ3v) is 7.76. The molecule has 0 saturated heterocycles. The second kappa shape index (κ2) is 9.76. The molecule has 1 atom stereocenters. The molecule has 1 saturated carbocycles. The van der Waals surface area contributed by atoms with Crippen molar-refractivity contribution in [2.75, 3.05) is 6.54 Å². The fourth-order valence-electron chi connectivity index (χ4n) is 5.33. The molecule has 1 fully saturated rings. The lowest BCUT2D eigenvalue weighted by Gasteiger charge is -2.27. The van der Waals surface area contributed by atoms with E-state index in [-0.39, 0.29) is 23.3 Å². The Morgan fingerprint density at radius 3 is 2.41 bits per heavy atom. The van der Waals surface area contributed by atoms with Gasteiger partial charge in [-0.15, -0.1) is 0 Å². The van der Waals surface area contributed by atoms with Crippen LogP contribution >= 0.6 is 11.6 Å². The molecule has 0 spiro atoms. The van der Waals surface area contributed by atoms with E-state index in [0.717, 1.165) is 41.8 Å². The minimum atomic E-state index is -4.35. The molecule has 37 heavy (non-hydrogen) atoms. The summed E-state index contributed by atoms with van der Waals surface area (Å²) < 4.78 is 38.8. The number of amides is 1. The lowest BCUT2D eigenvalue weighted by Crippen LogP contribution is -2.32. The summed E-state index contributed by atoms with van der Waals surface area (Å²) in [6.07, 6.45) is -0.677. The number of pyridine rings is 1. The average molecular weight is 528 g/mol. The van der Waals surface area contributed by atoms with Crippen LogP contribution in [0.3, 0.4) is 0 Å². The molecule has 8 heteroatoms. The van der Waals surface area contributed by atoms with Crippen molar-refractivity contribution in [3.8, 4) is 0 Å². The zero-order valence-corrected chi connectivity index (χ0v) is 21.5. The number of benzene rings is 2. The number of alkyl halides is 3. The molecule has 1 unspecified atom stereocenters. The largest absolute Gasteiger partial charge is 0.416 e. The number of hydrogen-bond donors (Lipinski definition) is 1. The maximum atomic E-state index is 13.0. The number of carbonyl (C=O) groups is 1. The Morgan fingerprint density at radius 2 is 1.81 bits per heavy atom. The number of halogens is 4. The first kappa shape index (κ1) is 25.7. The molecule has 1 aliphatic carbocycles. The number of rotatable bonds is 7. The Bertz CT molecular complexity index is 1290. The van der Waals surface area contributed by atoms with Gasteiger partial charge in [0.25, 0.3) is 5.91 Å². The van der Waals surface area contributed by atoms with Crippen LogP contribution in [0.15, 0.2) is 60.8 Å². The van der Waals surface area contributed by atoms with Gasteiger partial charge in [-0.3, -0.25) is 14.7 Å². The van der Waals surface area contributed by atoms with Gasteiger partial charge in [-0.1, -0.05) is 49.7 Å². The molecule has 2 aliphatic rings. The molecule has 4 nitrogen and oxygen atoms in total. The number of nitrogens with one attached hydrogen (secondary N) is 1. The van der Waals surface area contributed by atoms with Gasteiger partial charge in [-0.25, -0.2) is 0 Å². The van der Waals surface area contributed by atoms with Crippen molar-refractivity contribution in [1.29, 1.82) is 0 Å². The number of hydrogen-bond acceptors (Lipinski definition) is 3. The van der Waals surface area contributed by atoms with Crippen molar-refractivity contribution in [2.24, 2.45) is 5.92 Å². The molecule has 1 aromatic heterocycles. The molecule has 1 N–H and O–H groups in total.